The summed E-state index contributed by atoms with van der Waals surface area (Å²) in [5, 5.41) is 10.4. The van der Waals surface area contributed by atoms with E-state index in [2.05, 4.69) is 34.7 Å². The maximum Gasteiger partial charge on any atom is 0.161 e. The molecule has 0 saturated heterocycles. The molecule has 2 aromatic heterocycles. The Hall–Kier alpha value is -2.20. The third-order valence-electron chi connectivity index (χ3n) is 3.86. The average Bonchev–Trinajstić information content (AvgIpc) is 3.24. The molecule has 1 aliphatic rings. The first kappa shape index (κ1) is 12.5. The zero-order chi connectivity index (χ0) is 14.2. The number of rotatable bonds is 4. The Balaban J connectivity index is 1.81. The van der Waals surface area contributed by atoms with Crippen LogP contribution in [0.2, 0.25) is 0 Å². The van der Waals surface area contributed by atoms with E-state index in [4.69, 9.17) is 4.98 Å². The summed E-state index contributed by atoms with van der Waals surface area (Å²) in [6.07, 6.45) is 4.56. The van der Waals surface area contributed by atoms with Gasteiger partial charge in [-0.1, -0.05) is 24.3 Å². The molecule has 1 fully saturated rings. The number of fused-ring (bicyclic) bond motifs is 1. The molecular weight excluding hydrogens is 260 g/mol. The third kappa shape index (κ3) is 2.54. The Bertz CT molecular complexity index is 786. The zero-order valence-corrected chi connectivity index (χ0v) is 12.1. The second-order valence-electron chi connectivity index (χ2n) is 5.72. The number of aryl methyl sites for hydroxylation is 1. The minimum Gasteiger partial charge on any atom is -0.308 e. The van der Waals surface area contributed by atoms with Crippen molar-refractivity contribution in [1.82, 2.24) is 20.1 Å². The fourth-order valence-corrected chi connectivity index (χ4v) is 2.57. The molecule has 2 heterocycles. The number of hydrogen-bond donors (Lipinski definition) is 1. The largest absolute Gasteiger partial charge is 0.308 e. The zero-order valence-electron chi connectivity index (χ0n) is 12.1. The molecule has 0 radical (unpaired) electrons. The molecule has 0 spiro atoms. The van der Waals surface area contributed by atoms with Gasteiger partial charge >= 0.3 is 0 Å². The molecule has 4 nitrogen and oxygen atoms in total. The van der Waals surface area contributed by atoms with Crippen molar-refractivity contribution >= 4 is 10.8 Å². The highest BCUT2D eigenvalue weighted by Crippen LogP contribution is 2.23. The molecule has 4 rings (SSSR count). The highest BCUT2D eigenvalue weighted by molar-refractivity contribution is 5.88. The van der Waals surface area contributed by atoms with Crippen molar-refractivity contribution in [3.8, 4) is 5.82 Å². The van der Waals surface area contributed by atoms with Gasteiger partial charge in [0.25, 0.3) is 0 Å². The van der Waals surface area contributed by atoms with Crippen LogP contribution in [0.15, 0.2) is 42.6 Å². The van der Waals surface area contributed by atoms with Gasteiger partial charge in [0.05, 0.1) is 11.4 Å². The molecule has 1 aromatic carbocycles. The van der Waals surface area contributed by atoms with Gasteiger partial charge in [-0.2, -0.15) is 5.10 Å². The van der Waals surface area contributed by atoms with Gasteiger partial charge in [-0.3, -0.25) is 0 Å². The molecule has 1 aliphatic carbocycles. The van der Waals surface area contributed by atoms with Crippen molar-refractivity contribution in [3.63, 3.8) is 0 Å². The molecule has 0 atom stereocenters. The first-order valence-corrected chi connectivity index (χ1v) is 7.44. The van der Waals surface area contributed by atoms with Gasteiger partial charge in [0, 0.05) is 24.2 Å². The third-order valence-corrected chi connectivity index (χ3v) is 3.86. The van der Waals surface area contributed by atoms with E-state index < -0.39 is 0 Å². The standard InChI is InChI=1S/C17H18N4/c1-12-8-9-21(20-12)17-16-5-3-2-4-13(16)10-15(19-17)11-18-14-6-7-14/h2-5,8-10,14,18H,6-7,11H2,1H3. The van der Waals surface area contributed by atoms with Crippen molar-refractivity contribution in [2.75, 3.05) is 0 Å². The van der Waals surface area contributed by atoms with Gasteiger partial charge in [-0.15, -0.1) is 0 Å². The van der Waals surface area contributed by atoms with Crippen LogP contribution in [0.3, 0.4) is 0 Å². The summed E-state index contributed by atoms with van der Waals surface area (Å²) in [7, 11) is 0. The number of nitrogens with one attached hydrogen (secondary N) is 1. The Kier molecular flexibility index (Phi) is 2.97. The maximum absolute atomic E-state index is 4.82. The monoisotopic (exact) mass is 278 g/mol. The quantitative estimate of drug-likeness (QED) is 0.798. The SMILES string of the molecule is Cc1ccn(-c2nc(CNC3CC3)cc3ccccc23)n1. The molecular formula is C17H18N4. The molecule has 21 heavy (non-hydrogen) atoms. The van der Waals surface area contributed by atoms with E-state index in [0.717, 1.165) is 29.1 Å². The van der Waals surface area contributed by atoms with Crippen LogP contribution < -0.4 is 5.32 Å². The van der Waals surface area contributed by atoms with Crippen LogP contribution in [-0.4, -0.2) is 20.8 Å². The minimum atomic E-state index is 0.689. The van der Waals surface area contributed by atoms with Gasteiger partial charge in [0.2, 0.25) is 0 Å². The Morgan fingerprint density at radius 1 is 1.24 bits per heavy atom. The fourth-order valence-electron chi connectivity index (χ4n) is 2.57. The molecule has 0 aliphatic heterocycles. The van der Waals surface area contributed by atoms with Crippen LogP contribution in [0, 0.1) is 6.92 Å². The van der Waals surface area contributed by atoms with E-state index in [0.29, 0.717) is 6.04 Å². The summed E-state index contributed by atoms with van der Waals surface area (Å²) in [6, 6.07) is 13.2. The summed E-state index contributed by atoms with van der Waals surface area (Å²) in [5.74, 6) is 0.911. The van der Waals surface area contributed by atoms with E-state index in [1.165, 1.54) is 18.2 Å². The van der Waals surface area contributed by atoms with Crippen molar-refractivity contribution in [3.05, 3.63) is 54.0 Å². The van der Waals surface area contributed by atoms with E-state index >= 15 is 0 Å². The minimum absolute atomic E-state index is 0.689. The summed E-state index contributed by atoms with van der Waals surface area (Å²) in [5.41, 5.74) is 2.08. The Labute approximate surface area is 123 Å². The number of aromatic nitrogens is 3. The predicted octanol–water partition coefficient (Wildman–Crippen LogP) is 2.98. The molecule has 4 heteroatoms. The van der Waals surface area contributed by atoms with Crippen molar-refractivity contribution in [2.45, 2.75) is 32.4 Å². The van der Waals surface area contributed by atoms with Crippen molar-refractivity contribution in [1.29, 1.82) is 0 Å². The van der Waals surface area contributed by atoms with Crippen molar-refractivity contribution in [2.24, 2.45) is 0 Å². The van der Waals surface area contributed by atoms with E-state index in [1.54, 1.807) is 0 Å². The van der Waals surface area contributed by atoms with E-state index in [1.807, 2.05) is 29.9 Å². The molecule has 106 valence electrons. The summed E-state index contributed by atoms with van der Waals surface area (Å²) in [6.45, 7) is 2.82. The highest BCUT2D eigenvalue weighted by Gasteiger charge is 2.20. The van der Waals surface area contributed by atoms with E-state index in [9.17, 15) is 0 Å². The lowest BCUT2D eigenvalue weighted by Gasteiger charge is -2.10. The summed E-state index contributed by atoms with van der Waals surface area (Å²) in [4.78, 5) is 4.82. The summed E-state index contributed by atoms with van der Waals surface area (Å²) < 4.78 is 1.87. The molecule has 0 bridgehead atoms. The van der Waals surface area contributed by atoms with Gasteiger partial charge in [0.15, 0.2) is 5.82 Å². The van der Waals surface area contributed by atoms with Crippen LogP contribution in [0.5, 0.6) is 0 Å². The topological polar surface area (TPSA) is 42.7 Å². The lowest BCUT2D eigenvalue weighted by atomic mass is 10.1. The lowest BCUT2D eigenvalue weighted by Crippen LogP contribution is -2.17. The molecule has 0 amide bonds. The number of pyridine rings is 1. The molecule has 0 unspecified atom stereocenters. The second-order valence-corrected chi connectivity index (χ2v) is 5.72. The lowest BCUT2D eigenvalue weighted by molar-refractivity contribution is 0.672. The van der Waals surface area contributed by atoms with Crippen LogP contribution in [0.1, 0.15) is 24.2 Å². The average molecular weight is 278 g/mol. The van der Waals surface area contributed by atoms with E-state index in [-0.39, 0.29) is 0 Å². The van der Waals surface area contributed by atoms with Gasteiger partial charge in [-0.25, -0.2) is 9.67 Å². The smallest absolute Gasteiger partial charge is 0.161 e. The van der Waals surface area contributed by atoms with Gasteiger partial charge in [0.1, 0.15) is 0 Å². The van der Waals surface area contributed by atoms with Crippen LogP contribution >= 0.6 is 0 Å². The van der Waals surface area contributed by atoms with Gasteiger partial charge in [-0.05, 0) is 37.3 Å². The first-order chi connectivity index (χ1) is 10.3. The molecule has 1 N–H and O–H groups in total. The van der Waals surface area contributed by atoms with Crippen LogP contribution in [0.25, 0.3) is 16.6 Å². The van der Waals surface area contributed by atoms with Crippen molar-refractivity contribution < 1.29 is 0 Å². The normalized spacial score (nSPS) is 14.7. The predicted molar refractivity (Wildman–Crippen MR) is 83.5 cm³/mol. The maximum atomic E-state index is 4.82. The second kappa shape index (κ2) is 4.97. The highest BCUT2D eigenvalue weighted by atomic mass is 15.3. The van der Waals surface area contributed by atoms with Gasteiger partial charge < -0.3 is 5.32 Å². The van der Waals surface area contributed by atoms with Crippen LogP contribution in [0.4, 0.5) is 0 Å². The Morgan fingerprint density at radius 3 is 2.86 bits per heavy atom. The number of benzene rings is 1. The number of nitrogens with zero attached hydrogens (tertiary/aromatic N) is 3. The number of hydrogen-bond acceptors (Lipinski definition) is 3. The van der Waals surface area contributed by atoms with Crippen LogP contribution in [-0.2, 0) is 6.54 Å². The first-order valence-electron chi connectivity index (χ1n) is 7.44. The fraction of sp³-hybridized carbons (Fsp3) is 0.294. The molecule has 1 saturated carbocycles. The Morgan fingerprint density at radius 2 is 2.10 bits per heavy atom. The summed E-state index contributed by atoms with van der Waals surface area (Å²) >= 11 is 0. The molecule has 3 aromatic rings.